The van der Waals surface area contributed by atoms with Gasteiger partial charge in [-0.3, -0.25) is 24.0 Å². The number of imide groups is 1. The summed E-state index contributed by atoms with van der Waals surface area (Å²) in [5.74, 6) is -1.25. The topological polar surface area (TPSA) is 104 Å². The number of benzene rings is 2. The van der Waals surface area contributed by atoms with Gasteiger partial charge in [0, 0.05) is 42.2 Å². The molecule has 178 valence electrons. The van der Waals surface area contributed by atoms with Crippen LogP contribution < -0.4 is 4.72 Å². The van der Waals surface area contributed by atoms with Crippen molar-refractivity contribution in [1.29, 1.82) is 0 Å². The predicted octanol–water partition coefficient (Wildman–Crippen LogP) is 2.91. The van der Waals surface area contributed by atoms with E-state index >= 15 is 0 Å². The third-order valence-electron chi connectivity index (χ3n) is 6.91. The average Bonchev–Trinajstić information content (AvgIpc) is 3.28. The number of likely N-dealkylation sites (tertiary alicyclic amines) is 1. The normalized spacial score (nSPS) is 24.6. The summed E-state index contributed by atoms with van der Waals surface area (Å²) >= 11 is 0. The number of hydrogen-bond acceptors (Lipinski definition) is 5. The molecule has 0 radical (unpaired) electrons. The number of nitrogens with one attached hydrogen (secondary N) is 1. The van der Waals surface area contributed by atoms with Crippen LogP contribution in [0.3, 0.4) is 0 Å². The van der Waals surface area contributed by atoms with Gasteiger partial charge in [0.1, 0.15) is 10.7 Å². The van der Waals surface area contributed by atoms with Crippen molar-refractivity contribution in [2.75, 3.05) is 4.72 Å². The van der Waals surface area contributed by atoms with E-state index in [-0.39, 0.29) is 54.4 Å². The van der Waals surface area contributed by atoms with Gasteiger partial charge in [-0.05, 0) is 62.1 Å². The molecule has 2 bridgehead atoms. The second kappa shape index (κ2) is 8.50. The molecule has 0 saturated carbocycles. The zero-order chi connectivity index (χ0) is 24.0. The quantitative estimate of drug-likeness (QED) is 0.656. The van der Waals surface area contributed by atoms with Crippen molar-refractivity contribution < 1.29 is 27.2 Å². The summed E-state index contributed by atoms with van der Waals surface area (Å²) in [6, 6.07) is 10.9. The Bertz CT molecular complexity index is 1230. The summed E-state index contributed by atoms with van der Waals surface area (Å²) in [5, 5.41) is 0. The number of sulfonamides is 1. The molecule has 2 aromatic rings. The highest BCUT2D eigenvalue weighted by Crippen LogP contribution is 2.39. The third kappa shape index (κ3) is 3.96. The van der Waals surface area contributed by atoms with Crippen LogP contribution in [0.5, 0.6) is 0 Å². The molecule has 5 rings (SSSR count). The molecule has 2 aromatic carbocycles. The number of rotatable bonds is 5. The molecule has 3 aliphatic heterocycles. The molecule has 2 unspecified atom stereocenters. The van der Waals surface area contributed by atoms with Crippen molar-refractivity contribution >= 4 is 33.4 Å². The van der Waals surface area contributed by atoms with E-state index in [0.29, 0.717) is 18.4 Å². The van der Waals surface area contributed by atoms with Crippen LogP contribution in [-0.4, -0.2) is 54.1 Å². The molecular formula is C24H24FN3O5S. The lowest BCUT2D eigenvalue weighted by Gasteiger charge is -2.41. The lowest BCUT2D eigenvalue weighted by atomic mass is 9.95. The average molecular weight is 486 g/mol. The molecule has 0 spiro atoms. The molecule has 3 aliphatic rings. The molecule has 3 heterocycles. The Labute approximate surface area is 196 Å². The van der Waals surface area contributed by atoms with Gasteiger partial charge in [-0.2, -0.15) is 0 Å². The van der Waals surface area contributed by atoms with E-state index in [4.69, 9.17) is 0 Å². The molecule has 0 aromatic heterocycles. The first kappa shape index (κ1) is 22.5. The maximum absolute atomic E-state index is 13.9. The molecule has 3 fully saturated rings. The molecule has 0 aliphatic carbocycles. The zero-order valence-electron chi connectivity index (χ0n) is 18.3. The fourth-order valence-electron chi connectivity index (χ4n) is 5.39. The van der Waals surface area contributed by atoms with Gasteiger partial charge in [0.25, 0.3) is 15.9 Å². The van der Waals surface area contributed by atoms with E-state index in [9.17, 15) is 27.2 Å². The second-order valence-corrected chi connectivity index (χ2v) is 10.6. The minimum atomic E-state index is -4.11. The first-order valence-electron chi connectivity index (χ1n) is 11.3. The molecule has 10 heteroatoms. The first-order valence-corrected chi connectivity index (χ1v) is 12.8. The van der Waals surface area contributed by atoms with Crippen molar-refractivity contribution in [3.05, 3.63) is 59.9 Å². The van der Waals surface area contributed by atoms with Crippen LogP contribution >= 0.6 is 0 Å². The van der Waals surface area contributed by atoms with E-state index in [2.05, 4.69) is 4.72 Å². The van der Waals surface area contributed by atoms with E-state index in [1.54, 1.807) is 12.1 Å². The maximum Gasteiger partial charge on any atom is 0.264 e. The van der Waals surface area contributed by atoms with E-state index in [1.807, 2.05) is 4.90 Å². The van der Waals surface area contributed by atoms with Gasteiger partial charge in [0.2, 0.25) is 11.8 Å². The van der Waals surface area contributed by atoms with Crippen LogP contribution in [0.25, 0.3) is 0 Å². The number of amides is 3. The monoisotopic (exact) mass is 485 g/mol. The Morgan fingerprint density at radius 1 is 0.882 bits per heavy atom. The van der Waals surface area contributed by atoms with Crippen molar-refractivity contribution in [1.82, 2.24) is 9.80 Å². The molecule has 1 N–H and O–H groups in total. The minimum Gasteiger partial charge on any atom is -0.333 e. The molecule has 3 amide bonds. The Morgan fingerprint density at radius 3 is 2.06 bits per heavy atom. The number of nitrogens with zero attached hydrogens (tertiary/aromatic N) is 2. The highest BCUT2D eigenvalue weighted by molar-refractivity contribution is 7.92. The van der Waals surface area contributed by atoms with E-state index in [1.165, 1.54) is 35.2 Å². The van der Waals surface area contributed by atoms with Crippen LogP contribution in [0.2, 0.25) is 0 Å². The van der Waals surface area contributed by atoms with Crippen molar-refractivity contribution in [3.8, 4) is 0 Å². The summed E-state index contributed by atoms with van der Waals surface area (Å²) in [6.45, 7) is 0. The van der Waals surface area contributed by atoms with Gasteiger partial charge >= 0.3 is 0 Å². The fraction of sp³-hybridized carbons (Fsp3) is 0.375. The highest BCUT2D eigenvalue weighted by Gasteiger charge is 2.47. The van der Waals surface area contributed by atoms with Crippen LogP contribution in [0.4, 0.5) is 10.1 Å². The van der Waals surface area contributed by atoms with Gasteiger partial charge in [-0.25, -0.2) is 12.8 Å². The molecular weight excluding hydrogens is 461 g/mol. The predicted molar refractivity (Wildman–Crippen MR) is 121 cm³/mol. The smallest absolute Gasteiger partial charge is 0.264 e. The van der Waals surface area contributed by atoms with Crippen LogP contribution in [-0.2, 0) is 19.6 Å². The number of anilines is 1. The number of carbonyl (C=O) groups is 3. The number of piperidine rings is 1. The van der Waals surface area contributed by atoms with Crippen molar-refractivity contribution in [2.24, 2.45) is 0 Å². The van der Waals surface area contributed by atoms with Crippen LogP contribution in [0, 0.1) is 5.82 Å². The van der Waals surface area contributed by atoms with E-state index in [0.717, 1.165) is 18.9 Å². The Kier molecular flexibility index (Phi) is 5.63. The third-order valence-corrected chi connectivity index (χ3v) is 8.32. The summed E-state index contributed by atoms with van der Waals surface area (Å²) in [6.07, 6.45) is 3.34. The fourth-order valence-corrected chi connectivity index (χ4v) is 6.53. The van der Waals surface area contributed by atoms with Crippen molar-refractivity contribution in [3.63, 3.8) is 0 Å². The first-order chi connectivity index (χ1) is 16.2. The molecule has 8 nitrogen and oxygen atoms in total. The lowest BCUT2D eigenvalue weighted by Crippen LogP contribution is -2.53. The highest BCUT2D eigenvalue weighted by atomic mass is 32.2. The van der Waals surface area contributed by atoms with Gasteiger partial charge in [0.15, 0.2) is 0 Å². The number of hydrogen-bond donors (Lipinski definition) is 1. The summed E-state index contributed by atoms with van der Waals surface area (Å²) in [7, 11) is -4.11. The summed E-state index contributed by atoms with van der Waals surface area (Å²) in [5.41, 5.74) is 0.630. The van der Waals surface area contributed by atoms with Crippen LogP contribution in [0.1, 0.15) is 48.9 Å². The van der Waals surface area contributed by atoms with Crippen LogP contribution in [0.15, 0.2) is 53.4 Å². The van der Waals surface area contributed by atoms with Gasteiger partial charge in [-0.1, -0.05) is 12.1 Å². The Hall–Kier alpha value is -3.27. The largest absolute Gasteiger partial charge is 0.333 e. The number of fused-ring (bicyclic) bond motifs is 2. The summed E-state index contributed by atoms with van der Waals surface area (Å²) in [4.78, 5) is 40.4. The Morgan fingerprint density at radius 2 is 1.47 bits per heavy atom. The second-order valence-electron chi connectivity index (χ2n) is 8.99. The molecule has 3 saturated heterocycles. The summed E-state index contributed by atoms with van der Waals surface area (Å²) < 4.78 is 41.2. The zero-order valence-corrected chi connectivity index (χ0v) is 19.1. The maximum atomic E-state index is 13.9. The molecule has 2 atom stereocenters. The van der Waals surface area contributed by atoms with Gasteiger partial charge in [-0.15, -0.1) is 0 Å². The number of carbonyl (C=O) groups excluding carboxylic acids is 3. The number of halogens is 1. The van der Waals surface area contributed by atoms with E-state index < -0.39 is 20.7 Å². The molecule has 34 heavy (non-hydrogen) atoms. The van der Waals surface area contributed by atoms with Gasteiger partial charge in [0.05, 0.1) is 0 Å². The lowest BCUT2D eigenvalue weighted by molar-refractivity contribution is -0.142. The SMILES string of the molecule is O=C1CCC(=O)N1C1CC2CCC(C1)N2C(=O)c1ccc(NS(=O)(=O)c2ccccc2F)cc1. The minimum absolute atomic E-state index is 0.0447. The van der Waals surface area contributed by atoms with Gasteiger partial charge < -0.3 is 4.90 Å². The van der Waals surface area contributed by atoms with Crippen molar-refractivity contribution in [2.45, 2.75) is 61.5 Å². The standard InChI is InChI=1S/C24H24FN3O5S/c25-20-3-1-2-4-21(20)34(32,33)26-16-7-5-15(6-8-16)24(31)27-17-9-10-18(27)14-19(13-17)28-22(29)11-12-23(28)30/h1-8,17-19,26H,9-14H2. The Balaban J connectivity index is 1.28.